The van der Waals surface area contributed by atoms with Crippen LogP contribution in [0, 0.1) is 0 Å². The lowest BCUT2D eigenvalue weighted by Gasteiger charge is -2.35. The van der Waals surface area contributed by atoms with E-state index >= 15 is 0 Å². The number of aliphatic imine (C=N–C) groups is 1. The fourth-order valence-corrected chi connectivity index (χ4v) is 4.65. The predicted octanol–water partition coefficient (Wildman–Crippen LogP) is 5.36. The van der Waals surface area contributed by atoms with Gasteiger partial charge in [0.15, 0.2) is 0 Å². The molecule has 198 valence electrons. The highest BCUT2D eigenvalue weighted by Crippen LogP contribution is 2.30. The number of carbonyl (C=O) groups excluding carboxylic acids is 3. The summed E-state index contributed by atoms with van der Waals surface area (Å²) in [7, 11) is 1.70. The standard InChI is InChI=1S/C30H39N3O4/c1-5-8-11-21-26(34)33(25(19-9-6-2)30(36)37-7-3)28-29(35)32(4)24-20-15-14-18-23(24)27(31-28)22-16-12-10-13-17-22/h10,12-18,20,25,28H,5-9,11,19,21H2,1-4H3. The van der Waals surface area contributed by atoms with Crippen LogP contribution in [0.15, 0.2) is 59.6 Å². The van der Waals surface area contributed by atoms with E-state index in [0.29, 0.717) is 30.7 Å². The SMILES string of the molecule is CCCCCC(=O)N(C(CCCC)C(=O)OCC)C1N=C(c2ccccc2)c2ccccc2N(C)C1=O. The van der Waals surface area contributed by atoms with Gasteiger partial charge in [0.1, 0.15) is 6.04 Å². The Labute approximate surface area is 220 Å². The smallest absolute Gasteiger partial charge is 0.328 e. The molecule has 1 aliphatic rings. The summed E-state index contributed by atoms with van der Waals surface area (Å²) in [6, 6.07) is 16.3. The van der Waals surface area contributed by atoms with Gasteiger partial charge in [-0.1, -0.05) is 88.1 Å². The average molecular weight is 506 g/mol. The number of carbonyl (C=O) groups is 3. The molecule has 0 aliphatic carbocycles. The molecule has 7 nitrogen and oxygen atoms in total. The first kappa shape index (κ1) is 28.1. The zero-order valence-corrected chi connectivity index (χ0v) is 22.5. The van der Waals surface area contributed by atoms with Crippen molar-refractivity contribution in [3.63, 3.8) is 0 Å². The zero-order valence-electron chi connectivity index (χ0n) is 22.5. The van der Waals surface area contributed by atoms with E-state index in [4.69, 9.17) is 9.73 Å². The maximum absolute atomic E-state index is 14.0. The lowest BCUT2D eigenvalue weighted by atomic mass is 10.0. The normalized spacial score (nSPS) is 15.9. The van der Waals surface area contributed by atoms with Crippen molar-refractivity contribution in [3.8, 4) is 0 Å². The molecule has 0 bridgehead atoms. The van der Waals surface area contributed by atoms with Crippen LogP contribution in [-0.2, 0) is 19.1 Å². The van der Waals surface area contributed by atoms with E-state index in [0.717, 1.165) is 30.4 Å². The minimum atomic E-state index is -1.19. The van der Waals surface area contributed by atoms with Crippen molar-refractivity contribution in [2.45, 2.75) is 77.9 Å². The van der Waals surface area contributed by atoms with Crippen LogP contribution in [0.25, 0.3) is 0 Å². The molecule has 7 heteroatoms. The molecule has 2 atom stereocenters. The first-order chi connectivity index (χ1) is 17.9. The highest BCUT2D eigenvalue weighted by Gasteiger charge is 2.42. The summed E-state index contributed by atoms with van der Waals surface area (Å²) >= 11 is 0. The molecule has 1 aliphatic heterocycles. The topological polar surface area (TPSA) is 79.3 Å². The number of fused-ring (bicyclic) bond motifs is 1. The van der Waals surface area contributed by atoms with E-state index in [2.05, 4.69) is 6.92 Å². The van der Waals surface area contributed by atoms with Crippen LogP contribution in [0.5, 0.6) is 0 Å². The first-order valence-corrected chi connectivity index (χ1v) is 13.4. The van der Waals surface area contributed by atoms with Gasteiger partial charge in [-0.3, -0.25) is 14.5 Å². The summed E-state index contributed by atoms with van der Waals surface area (Å²) in [4.78, 5) is 48.9. The van der Waals surface area contributed by atoms with Crippen molar-refractivity contribution in [2.75, 3.05) is 18.6 Å². The molecule has 1 heterocycles. The van der Waals surface area contributed by atoms with Crippen molar-refractivity contribution in [1.29, 1.82) is 0 Å². The molecular formula is C30H39N3O4. The van der Waals surface area contributed by atoms with Gasteiger partial charge in [0, 0.05) is 24.6 Å². The Bertz CT molecular complexity index is 1100. The molecule has 3 rings (SSSR count). The number of hydrogen-bond acceptors (Lipinski definition) is 5. The fourth-order valence-electron chi connectivity index (χ4n) is 4.65. The number of nitrogens with zero attached hydrogens (tertiary/aromatic N) is 3. The number of ether oxygens (including phenoxy) is 1. The highest BCUT2D eigenvalue weighted by molar-refractivity contribution is 6.20. The largest absolute Gasteiger partial charge is 0.464 e. The molecule has 0 saturated heterocycles. The summed E-state index contributed by atoms with van der Waals surface area (Å²) in [5.41, 5.74) is 2.95. The van der Waals surface area contributed by atoms with Crippen molar-refractivity contribution < 1.29 is 19.1 Å². The third-order valence-electron chi connectivity index (χ3n) is 6.64. The molecule has 2 aromatic carbocycles. The van der Waals surface area contributed by atoms with Gasteiger partial charge in [0.2, 0.25) is 12.1 Å². The second-order valence-corrected chi connectivity index (χ2v) is 9.30. The number of para-hydroxylation sites is 1. The van der Waals surface area contributed by atoms with Crippen LogP contribution in [-0.4, -0.2) is 54.3 Å². The summed E-state index contributed by atoms with van der Waals surface area (Å²) in [6.45, 7) is 6.04. The number of amides is 2. The Balaban J connectivity index is 2.20. The molecule has 0 radical (unpaired) electrons. The molecule has 2 aromatic rings. The minimum Gasteiger partial charge on any atom is -0.464 e. The number of esters is 1. The molecule has 0 spiro atoms. The molecule has 2 amide bonds. The van der Waals surface area contributed by atoms with Crippen molar-refractivity contribution in [1.82, 2.24) is 4.90 Å². The average Bonchev–Trinajstić information content (AvgIpc) is 3.02. The number of benzene rings is 2. The van der Waals surface area contributed by atoms with Crippen molar-refractivity contribution >= 4 is 29.2 Å². The Morgan fingerprint density at radius 2 is 1.65 bits per heavy atom. The van der Waals surface area contributed by atoms with E-state index in [-0.39, 0.29) is 24.8 Å². The third-order valence-corrected chi connectivity index (χ3v) is 6.64. The Kier molecular flexibility index (Phi) is 10.4. The van der Waals surface area contributed by atoms with Gasteiger partial charge < -0.3 is 9.64 Å². The third kappa shape index (κ3) is 6.64. The lowest BCUT2D eigenvalue weighted by molar-refractivity contribution is -0.158. The fraction of sp³-hybridized carbons (Fsp3) is 0.467. The second kappa shape index (κ2) is 13.7. The maximum Gasteiger partial charge on any atom is 0.328 e. The van der Waals surface area contributed by atoms with E-state index in [1.807, 2.05) is 61.5 Å². The van der Waals surface area contributed by atoms with Crippen LogP contribution >= 0.6 is 0 Å². The Morgan fingerprint density at radius 3 is 2.32 bits per heavy atom. The van der Waals surface area contributed by atoms with Gasteiger partial charge in [0.05, 0.1) is 18.0 Å². The van der Waals surface area contributed by atoms with Crippen LogP contribution in [0.4, 0.5) is 5.69 Å². The number of benzodiazepines with no additional fused rings is 1. The van der Waals surface area contributed by atoms with Gasteiger partial charge in [-0.25, -0.2) is 9.79 Å². The van der Waals surface area contributed by atoms with Gasteiger partial charge in [0.25, 0.3) is 5.91 Å². The van der Waals surface area contributed by atoms with E-state index in [1.165, 1.54) is 4.90 Å². The first-order valence-electron chi connectivity index (χ1n) is 13.4. The van der Waals surface area contributed by atoms with Crippen LogP contribution in [0.2, 0.25) is 0 Å². The highest BCUT2D eigenvalue weighted by atomic mass is 16.5. The van der Waals surface area contributed by atoms with Gasteiger partial charge in [-0.15, -0.1) is 0 Å². The summed E-state index contributed by atoms with van der Waals surface area (Å²) < 4.78 is 5.41. The second-order valence-electron chi connectivity index (χ2n) is 9.30. The monoisotopic (exact) mass is 505 g/mol. The minimum absolute atomic E-state index is 0.196. The summed E-state index contributed by atoms with van der Waals surface area (Å²) in [6.07, 6.45) is 3.56. The Morgan fingerprint density at radius 1 is 0.973 bits per heavy atom. The number of likely N-dealkylation sites (N-methyl/N-ethyl adjacent to an activating group) is 1. The number of anilines is 1. The number of rotatable bonds is 12. The summed E-state index contributed by atoms with van der Waals surface area (Å²) in [5.74, 6) is -1.10. The molecular weight excluding hydrogens is 466 g/mol. The molecule has 0 saturated carbocycles. The molecule has 0 aromatic heterocycles. The maximum atomic E-state index is 14.0. The van der Waals surface area contributed by atoms with E-state index in [9.17, 15) is 14.4 Å². The summed E-state index contributed by atoms with van der Waals surface area (Å²) in [5, 5.41) is 0. The van der Waals surface area contributed by atoms with Crippen molar-refractivity contribution in [3.05, 3.63) is 65.7 Å². The van der Waals surface area contributed by atoms with E-state index < -0.39 is 18.2 Å². The van der Waals surface area contributed by atoms with Crippen LogP contribution < -0.4 is 4.90 Å². The van der Waals surface area contributed by atoms with Gasteiger partial charge in [-0.05, 0) is 25.8 Å². The van der Waals surface area contributed by atoms with E-state index in [1.54, 1.807) is 18.9 Å². The quantitative estimate of drug-likeness (QED) is 0.287. The number of unbranched alkanes of at least 4 members (excludes halogenated alkanes) is 3. The zero-order chi connectivity index (χ0) is 26.8. The van der Waals surface area contributed by atoms with Crippen LogP contribution in [0.1, 0.15) is 76.8 Å². The predicted molar refractivity (Wildman–Crippen MR) is 147 cm³/mol. The molecule has 0 fully saturated rings. The lowest BCUT2D eigenvalue weighted by Crippen LogP contribution is -2.56. The van der Waals surface area contributed by atoms with Gasteiger partial charge >= 0.3 is 5.97 Å². The molecule has 0 N–H and O–H groups in total. The van der Waals surface area contributed by atoms with Crippen LogP contribution in [0.3, 0.4) is 0 Å². The van der Waals surface area contributed by atoms with Crippen molar-refractivity contribution in [2.24, 2.45) is 4.99 Å². The number of hydrogen-bond donors (Lipinski definition) is 0. The molecule has 37 heavy (non-hydrogen) atoms. The Hall–Kier alpha value is -3.48. The van der Waals surface area contributed by atoms with Gasteiger partial charge in [-0.2, -0.15) is 0 Å². The molecule has 2 unspecified atom stereocenters.